The zero-order valence-corrected chi connectivity index (χ0v) is 8.14. The molecule has 0 saturated heterocycles. The molecular formula is C10H21NO. The van der Waals surface area contributed by atoms with Crippen molar-refractivity contribution in [2.75, 3.05) is 19.8 Å². The molecule has 0 aliphatic carbocycles. The summed E-state index contributed by atoms with van der Waals surface area (Å²) in [6, 6.07) is 0. The van der Waals surface area contributed by atoms with Crippen LogP contribution < -0.4 is 5.73 Å². The maximum absolute atomic E-state index is 5.39. The molecule has 0 aliphatic heterocycles. The summed E-state index contributed by atoms with van der Waals surface area (Å²) >= 11 is 0. The Labute approximate surface area is 75.8 Å². The van der Waals surface area contributed by atoms with E-state index in [-0.39, 0.29) is 0 Å². The molecule has 0 unspecified atom stereocenters. The lowest BCUT2D eigenvalue weighted by Crippen LogP contribution is -2.01. The van der Waals surface area contributed by atoms with Gasteiger partial charge in [0.25, 0.3) is 0 Å². The second-order valence-electron chi connectivity index (χ2n) is 3.17. The van der Waals surface area contributed by atoms with E-state index in [4.69, 9.17) is 10.5 Å². The minimum Gasteiger partial charge on any atom is -0.381 e. The number of hydrogen-bond acceptors (Lipinski definition) is 2. The molecule has 0 spiro atoms. The third kappa shape index (κ3) is 9.66. The van der Waals surface area contributed by atoms with E-state index in [9.17, 15) is 0 Å². The molecule has 0 fully saturated rings. The summed E-state index contributed by atoms with van der Waals surface area (Å²) < 4.78 is 5.39. The van der Waals surface area contributed by atoms with Gasteiger partial charge in [-0.25, -0.2) is 0 Å². The summed E-state index contributed by atoms with van der Waals surface area (Å²) in [6.45, 7) is 8.31. The molecule has 0 radical (unpaired) electrons. The van der Waals surface area contributed by atoms with E-state index in [0.717, 1.165) is 39.0 Å². The molecule has 0 rings (SSSR count). The predicted molar refractivity (Wildman–Crippen MR) is 53.2 cm³/mol. The largest absolute Gasteiger partial charge is 0.381 e. The number of hydrogen-bond donors (Lipinski definition) is 1. The van der Waals surface area contributed by atoms with Gasteiger partial charge in [0.05, 0.1) is 6.61 Å². The van der Waals surface area contributed by atoms with Crippen molar-refractivity contribution in [2.24, 2.45) is 5.73 Å². The average Bonchev–Trinajstić information content (AvgIpc) is 2.02. The maximum atomic E-state index is 5.39. The smallest absolute Gasteiger partial charge is 0.0502 e. The number of nitrogens with two attached hydrogens (primary N) is 1. The average molecular weight is 171 g/mol. The van der Waals surface area contributed by atoms with Gasteiger partial charge in [-0.15, -0.1) is 6.58 Å². The van der Waals surface area contributed by atoms with Crippen LogP contribution in [0.5, 0.6) is 0 Å². The van der Waals surface area contributed by atoms with Crippen LogP contribution >= 0.6 is 0 Å². The van der Waals surface area contributed by atoms with E-state index in [1.54, 1.807) is 0 Å². The number of unbranched alkanes of at least 4 members (excludes halogenated alkanes) is 2. The van der Waals surface area contributed by atoms with Gasteiger partial charge in [-0.2, -0.15) is 0 Å². The summed E-state index contributed by atoms with van der Waals surface area (Å²) in [7, 11) is 0. The van der Waals surface area contributed by atoms with E-state index in [1.165, 1.54) is 12.0 Å². The number of ether oxygens (including phenoxy) is 1. The van der Waals surface area contributed by atoms with Crippen molar-refractivity contribution in [3.63, 3.8) is 0 Å². The molecule has 0 aliphatic rings. The van der Waals surface area contributed by atoms with E-state index < -0.39 is 0 Å². The fraction of sp³-hybridized carbons (Fsp3) is 0.800. The van der Waals surface area contributed by atoms with Crippen LogP contribution in [-0.2, 0) is 4.74 Å². The highest BCUT2D eigenvalue weighted by Gasteiger charge is 1.89. The van der Waals surface area contributed by atoms with Gasteiger partial charge in [0.1, 0.15) is 0 Å². The highest BCUT2D eigenvalue weighted by Crippen LogP contribution is 1.98. The first-order valence-corrected chi connectivity index (χ1v) is 4.69. The molecule has 72 valence electrons. The van der Waals surface area contributed by atoms with E-state index in [0.29, 0.717) is 0 Å². The summed E-state index contributed by atoms with van der Waals surface area (Å²) in [5, 5.41) is 0. The Bertz CT molecular complexity index is 112. The third-order valence-electron chi connectivity index (χ3n) is 1.67. The first kappa shape index (κ1) is 11.7. The second-order valence-corrected chi connectivity index (χ2v) is 3.17. The molecule has 2 nitrogen and oxygen atoms in total. The molecule has 0 heterocycles. The molecule has 0 aromatic carbocycles. The topological polar surface area (TPSA) is 35.2 Å². The minimum atomic E-state index is 0.797. The monoisotopic (exact) mass is 171 g/mol. The lowest BCUT2D eigenvalue weighted by molar-refractivity contribution is 0.133. The van der Waals surface area contributed by atoms with Crippen LogP contribution in [0, 0.1) is 0 Å². The van der Waals surface area contributed by atoms with Crippen molar-refractivity contribution in [2.45, 2.75) is 32.6 Å². The zero-order chi connectivity index (χ0) is 9.23. The molecule has 0 aromatic heterocycles. The predicted octanol–water partition coefficient (Wildman–Crippen LogP) is 2.10. The van der Waals surface area contributed by atoms with Crippen molar-refractivity contribution < 1.29 is 4.74 Å². The number of rotatable bonds is 8. The van der Waals surface area contributed by atoms with E-state index >= 15 is 0 Å². The second kappa shape index (κ2) is 8.75. The van der Waals surface area contributed by atoms with Gasteiger partial charge in [0, 0.05) is 6.61 Å². The lowest BCUT2D eigenvalue weighted by Gasteiger charge is -2.02. The van der Waals surface area contributed by atoms with Crippen molar-refractivity contribution in [3.05, 3.63) is 12.2 Å². The molecule has 0 amide bonds. The molecule has 12 heavy (non-hydrogen) atoms. The van der Waals surface area contributed by atoms with Crippen LogP contribution in [0.2, 0.25) is 0 Å². The zero-order valence-electron chi connectivity index (χ0n) is 8.14. The van der Waals surface area contributed by atoms with Gasteiger partial charge in [0.2, 0.25) is 0 Å². The molecule has 2 heteroatoms. The molecule has 0 bridgehead atoms. The van der Waals surface area contributed by atoms with Crippen LogP contribution in [0.3, 0.4) is 0 Å². The van der Waals surface area contributed by atoms with Crippen molar-refractivity contribution in [3.8, 4) is 0 Å². The Kier molecular flexibility index (Phi) is 8.51. The van der Waals surface area contributed by atoms with Gasteiger partial charge in [-0.05, 0) is 39.2 Å². The third-order valence-corrected chi connectivity index (χ3v) is 1.67. The fourth-order valence-corrected chi connectivity index (χ4v) is 0.874. The molecule has 2 N–H and O–H groups in total. The Hall–Kier alpha value is -0.340. The van der Waals surface area contributed by atoms with Crippen LogP contribution in [-0.4, -0.2) is 19.8 Å². The van der Waals surface area contributed by atoms with Crippen molar-refractivity contribution in [1.29, 1.82) is 0 Å². The molecule has 0 saturated carbocycles. The SMILES string of the molecule is C=C(C)CCOCCCCCN. The maximum Gasteiger partial charge on any atom is 0.0502 e. The van der Waals surface area contributed by atoms with Gasteiger partial charge in [-0.1, -0.05) is 5.57 Å². The quantitative estimate of drug-likeness (QED) is 0.448. The normalized spacial score (nSPS) is 10.2. The van der Waals surface area contributed by atoms with E-state index in [1.807, 2.05) is 6.92 Å². The first-order chi connectivity index (χ1) is 5.77. The van der Waals surface area contributed by atoms with Gasteiger partial charge < -0.3 is 10.5 Å². The fourth-order valence-electron chi connectivity index (χ4n) is 0.874. The molecule has 0 aromatic rings. The van der Waals surface area contributed by atoms with Crippen LogP contribution in [0.25, 0.3) is 0 Å². The standard InChI is InChI=1S/C10H21NO/c1-10(2)6-9-12-8-5-3-4-7-11/h1,3-9,11H2,2H3. The Balaban J connectivity index is 2.86. The van der Waals surface area contributed by atoms with Crippen LogP contribution in [0.4, 0.5) is 0 Å². The molecule has 0 atom stereocenters. The van der Waals surface area contributed by atoms with Crippen LogP contribution in [0.1, 0.15) is 32.6 Å². The highest BCUT2D eigenvalue weighted by molar-refractivity contribution is 4.86. The summed E-state index contributed by atoms with van der Waals surface area (Å²) in [5.74, 6) is 0. The highest BCUT2D eigenvalue weighted by atomic mass is 16.5. The van der Waals surface area contributed by atoms with Crippen LogP contribution in [0.15, 0.2) is 12.2 Å². The van der Waals surface area contributed by atoms with Gasteiger partial charge in [-0.3, -0.25) is 0 Å². The Morgan fingerprint density at radius 3 is 2.58 bits per heavy atom. The summed E-state index contributed by atoms with van der Waals surface area (Å²) in [6.07, 6.45) is 4.41. The van der Waals surface area contributed by atoms with Gasteiger partial charge in [0.15, 0.2) is 0 Å². The summed E-state index contributed by atoms with van der Waals surface area (Å²) in [5.41, 5.74) is 6.55. The van der Waals surface area contributed by atoms with Crippen molar-refractivity contribution >= 4 is 0 Å². The molecular weight excluding hydrogens is 150 g/mol. The Morgan fingerprint density at radius 1 is 1.25 bits per heavy atom. The van der Waals surface area contributed by atoms with Crippen molar-refractivity contribution in [1.82, 2.24) is 0 Å². The lowest BCUT2D eigenvalue weighted by atomic mass is 10.2. The van der Waals surface area contributed by atoms with E-state index in [2.05, 4.69) is 6.58 Å². The summed E-state index contributed by atoms with van der Waals surface area (Å²) in [4.78, 5) is 0. The van der Waals surface area contributed by atoms with Gasteiger partial charge >= 0.3 is 0 Å². The minimum absolute atomic E-state index is 0.797. The Morgan fingerprint density at radius 2 is 2.00 bits per heavy atom. The first-order valence-electron chi connectivity index (χ1n) is 4.69.